The molecule has 0 radical (unpaired) electrons. The lowest BCUT2D eigenvalue weighted by atomic mass is 10.1. The second-order valence-electron chi connectivity index (χ2n) is 5.59. The summed E-state index contributed by atoms with van der Waals surface area (Å²) in [5, 5.41) is 9.31. The largest absolute Gasteiger partial charge is 0.384 e. The zero-order chi connectivity index (χ0) is 15.6. The monoisotopic (exact) mass is 290 g/mol. The minimum atomic E-state index is -0.980. The number of carbonyl (C=O) groups is 2. The van der Waals surface area contributed by atoms with Crippen molar-refractivity contribution in [3.05, 3.63) is 34.9 Å². The molecule has 1 aliphatic heterocycles. The minimum Gasteiger partial charge on any atom is -0.384 e. The van der Waals surface area contributed by atoms with Crippen molar-refractivity contribution in [3.8, 4) is 0 Å². The van der Waals surface area contributed by atoms with Crippen molar-refractivity contribution in [2.45, 2.75) is 26.9 Å². The predicted octanol–water partition coefficient (Wildman–Crippen LogP) is 0.969. The molecule has 1 heterocycles. The van der Waals surface area contributed by atoms with E-state index in [1.165, 1.54) is 12.5 Å². The van der Waals surface area contributed by atoms with Gasteiger partial charge in [-0.05, 0) is 44.0 Å². The molecule has 0 aliphatic carbocycles. The second kappa shape index (κ2) is 6.26. The maximum atomic E-state index is 12.4. The van der Waals surface area contributed by atoms with E-state index in [0.29, 0.717) is 31.7 Å². The fraction of sp³-hybridized carbons (Fsp3) is 0.500. The summed E-state index contributed by atoms with van der Waals surface area (Å²) >= 11 is 0. The number of aliphatic hydroxyl groups excluding tert-OH is 1. The molecule has 1 saturated heterocycles. The first-order chi connectivity index (χ1) is 9.90. The van der Waals surface area contributed by atoms with Crippen LogP contribution in [0, 0.1) is 13.8 Å². The third kappa shape index (κ3) is 3.42. The molecule has 0 spiro atoms. The van der Waals surface area contributed by atoms with E-state index in [2.05, 4.69) is 0 Å². The van der Waals surface area contributed by atoms with Crippen molar-refractivity contribution in [1.82, 2.24) is 9.80 Å². The van der Waals surface area contributed by atoms with Crippen LogP contribution >= 0.6 is 0 Å². The van der Waals surface area contributed by atoms with Gasteiger partial charge in [-0.2, -0.15) is 0 Å². The molecule has 1 atom stereocenters. The molecule has 5 heteroatoms. The molecule has 0 saturated carbocycles. The van der Waals surface area contributed by atoms with Crippen LogP contribution in [0.25, 0.3) is 0 Å². The Balaban J connectivity index is 2.00. The van der Waals surface area contributed by atoms with Gasteiger partial charge in [0.1, 0.15) is 6.10 Å². The number of aryl methyl sites for hydroxylation is 2. The lowest BCUT2D eigenvalue weighted by molar-refractivity contribution is -0.140. The van der Waals surface area contributed by atoms with E-state index in [-0.39, 0.29) is 11.8 Å². The fourth-order valence-corrected chi connectivity index (χ4v) is 2.45. The van der Waals surface area contributed by atoms with Gasteiger partial charge in [-0.1, -0.05) is 6.07 Å². The SMILES string of the molecule is Cc1ccc(C(=O)N2CCN(C(=O)C(C)O)CC2)cc1C. The number of piperazine rings is 1. The number of rotatable bonds is 2. The van der Waals surface area contributed by atoms with Crippen molar-refractivity contribution in [2.24, 2.45) is 0 Å². The van der Waals surface area contributed by atoms with Gasteiger partial charge in [-0.25, -0.2) is 0 Å². The minimum absolute atomic E-state index is 0.00208. The number of hydrogen-bond donors (Lipinski definition) is 1. The Morgan fingerprint density at radius 1 is 1.05 bits per heavy atom. The zero-order valence-electron chi connectivity index (χ0n) is 12.8. The number of carbonyl (C=O) groups excluding carboxylic acids is 2. The number of hydrogen-bond acceptors (Lipinski definition) is 3. The first-order valence-electron chi connectivity index (χ1n) is 7.23. The normalized spacial score (nSPS) is 16.8. The van der Waals surface area contributed by atoms with Crippen molar-refractivity contribution in [1.29, 1.82) is 0 Å². The van der Waals surface area contributed by atoms with Gasteiger partial charge in [0.15, 0.2) is 0 Å². The third-order valence-corrected chi connectivity index (χ3v) is 3.99. The molecule has 1 N–H and O–H groups in total. The predicted molar refractivity (Wildman–Crippen MR) is 80.1 cm³/mol. The highest BCUT2D eigenvalue weighted by atomic mass is 16.3. The van der Waals surface area contributed by atoms with Crippen LogP contribution in [0.2, 0.25) is 0 Å². The fourth-order valence-electron chi connectivity index (χ4n) is 2.45. The van der Waals surface area contributed by atoms with E-state index >= 15 is 0 Å². The number of amides is 2. The van der Waals surface area contributed by atoms with Crippen molar-refractivity contribution >= 4 is 11.8 Å². The Morgan fingerprint density at radius 3 is 2.14 bits per heavy atom. The van der Waals surface area contributed by atoms with Gasteiger partial charge in [0.05, 0.1) is 0 Å². The van der Waals surface area contributed by atoms with Crippen molar-refractivity contribution in [3.63, 3.8) is 0 Å². The molecule has 0 aromatic heterocycles. The Kier molecular flexibility index (Phi) is 4.63. The second-order valence-corrected chi connectivity index (χ2v) is 5.59. The number of benzene rings is 1. The van der Waals surface area contributed by atoms with Crippen LogP contribution in [0.15, 0.2) is 18.2 Å². The molecule has 1 aromatic rings. The molecular formula is C16H22N2O3. The number of aliphatic hydroxyl groups is 1. The highest BCUT2D eigenvalue weighted by molar-refractivity contribution is 5.94. The maximum Gasteiger partial charge on any atom is 0.253 e. The van der Waals surface area contributed by atoms with Crippen LogP contribution < -0.4 is 0 Å². The molecule has 114 valence electrons. The highest BCUT2D eigenvalue weighted by Gasteiger charge is 2.26. The molecule has 1 fully saturated rings. The van der Waals surface area contributed by atoms with E-state index in [9.17, 15) is 14.7 Å². The summed E-state index contributed by atoms with van der Waals surface area (Å²) in [6, 6.07) is 5.71. The van der Waals surface area contributed by atoms with E-state index in [0.717, 1.165) is 5.56 Å². The van der Waals surface area contributed by atoms with Crippen LogP contribution in [0.5, 0.6) is 0 Å². The van der Waals surface area contributed by atoms with E-state index < -0.39 is 6.10 Å². The lowest BCUT2D eigenvalue weighted by Crippen LogP contribution is -2.52. The standard InChI is InChI=1S/C16H22N2O3/c1-11-4-5-14(10-12(11)2)16(21)18-8-6-17(7-9-18)15(20)13(3)19/h4-5,10,13,19H,6-9H2,1-3H3. The van der Waals surface area contributed by atoms with Crippen LogP contribution in [-0.2, 0) is 4.79 Å². The smallest absolute Gasteiger partial charge is 0.253 e. The van der Waals surface area contributed by atoms with Crippen LogP contribution in [0.3, 0.4) is 0 Å². The van der Waals surface area contributed by atoms with E-state index in [1.807, 2.05) is 32.0 Å². The average molecular weight is 290 g/mol. The van der Waals surface area contributed by atoms with Gasteiger partial charge in [0.25, 0.3) is 11.8 Å². The molecule has 2 rings (SSSR count). The van der Waals surface area contributed by atoms with Crippen LogP contribution in [0.4, 0.5) is 0 Å². The number of nitrogens with zero attached hydrogens (tertiary/aromatic N) is 2. The van der Waals surface area contributed by atoms with E-state index in [4.69, 9.17) is 0 Å². The molecule has 1 aromatic carbocycles. The molecule has 5 nitrogen and oxygen atoms in total. The summed E-state index contributed by atoms with van der Waals surface area (Å²) in [6.07, 6.45) is -0.980. The molecule has 21 heavy (non-hydrogen) atoms. The molecule has 0 bridgehead atoms. The molecule has 1 unspecified atom stereocenters. The Labute approximate surface area is 125 Å². The van der Waals surface area contributed by atoms with Crippen LogP contribution in [-0.4, -0.2) is 59.0 Å². The van der Waals surface area contributed by atoms with E-state index in [1.54, 1.807) is 9.80 Å². The molecule has 1 aliphatic rings. The average Bonchev–Trinajstić information content (AvgIpc) is 2.48. The highest BCUT2D eigenvalue weighted by Crippen LogP contribution is 2.14. The first-order valence-corrected chi connectivity index (χ1v) is 7.23. The van der Waals surface area contributed by atoms with Gasteiger partial charge < -0.3 is 14.9 Å². The Hall–Kier alpha value is -1.88. The summed E-state index contributed by atoms with van der Waals surface area (Å²) in [5.74, 6) is -0.268. The molecular weight excluding hydrogens is 268 g/mol. The first kappa shape index (κ1) is 15.5. The van der Waals surface area contributed by atoms with Crippen molar-refractivity contribution < 1.29 is 14.7 Å². The van der Waals surface area contributed by atoms with Crippen LogP contribution in [0.1, 0.15) is 28.4 Å². The summed E-state index contributed by atoms with van der Waals surface area (Å²) in [6.45, 7) is 7.43. The van der Waals surface area contributed by atoms with Gasteiger partial charge in [-0.3, -0.25) is 9.59 Å². The Bertz CT molecular complexity index is 546. The topological polar surface area (TPSA) is 60.9 Å². The third-order valence-electron chi connectivity index (χ3n) is 3.99. The summed E-state index contributed by atoms with van der Waals surface area (Å²) in [5.41, 5.74) is 2.95. The van der Waals surface area contributed by atoms with Gasteiger partial charge >= 0.3 is 0 Å². The zero-order valence-corrected chi connectivity index (χ0v) is 12.8. The lowest BCUT2D eigenvalue weighted by Gasteiger charge is -2.35. The Morgan fingerprint density at radius 2 is 1.62 bits per heavy atom. The van der Waals surface area contributed by atoms with Crippen molar-refractivity contribution in [2.75, 3.05) is 26.2 Å². The summed E-state index contributed by atoms with van der Waals surface area (Å²) in [7, 11) is 0. The summed E-state index contributed by atoms with van der Waals surface area (Å²) in [4.78, 5) is 27.5. The maximum absolute atomic E-state index is 12.4. The molecule has 2 amide bonds. The van der Waals surface area contributed by atoms with Gasteiger partial charge in [0.2, 0.25) is 0 Å². The quantitative estimate of drug-likeness (QED) is 0.883. The van der Waals surface area contributed by atoms with Gasteiger partial charge in [-0.15, -0.1) is 0 Å². The summed E-state index contributed by atoms with van der Waals surface area (Å²) < 4.78 is 0. The van der Waals surface area contributed by atoms with Gasteiger partial charge in [0, 0.05) is 31.7 Å².